The van der Waals surface area contributed by atoms with E-state index in [9.17, 15) is 4.79 Å². The van der Waals surface area contributed by atoms with Crippen LogP contribution in [0, 0.1) is 0 Å². The number of carbonyl (C=O) groups is 1. The Morgan fingerprint density at radius 1 is 0.938 bits per heavy atom. The zero-order valence-electron chi connectivity index (χ0n) is 8.39. The predicted molar refractivity (Wildman–Crippen MR) is 62.9 cm³/mol. The monoisotopic (exact) mass is 232 g/mol. The number of rotatable bonds is 2. The van der Waals surface area contributed by atoms with Crippen LogP contribution in [0.1, 0.15) is 10.4 Å². The van der Waals surface area contributed by atoms with E-state index in [0.717, 1.165) is 0 Å². The average molecular weight is 233 g/mol. The highest BCUT2D eigenvalue weighted by Crippen LogP contribution is 2.16. The lowest BCUT2D eigenvalue weighted by molar-refractivity contribution is 0.0735. The van der Waals surface area contributed by atoms with Crippen LogP contribution in [0.5, 0.6) is 5.75 Å². The number of halogens is 1. The van der Waals surface area contributed by atoms with Crippen molar-refractivity contribution in [3.63, 3.8) is 0 Å². The minimum atomic E-state index is -0.372. The molecule has 0 atom stereocenters. The van der Waals surface area contributed by atoms with Crippen LogP contribution >= 0.6 is 11.6 Å². The fourth-order valence-electron chi connectivity index (χ4n) is 1.24. The van der Waals surface area contributed by atoms with Crippen LogP contribution in [-0.4, -0.2) is 5.97 Å². The molecule has 2 aromatic carbocycles. The molecule has 2 nitrogen and oxygen atoms in total. The van der Waals surface area contributed by atoms with Crippen LogP contribution in [0.15, 0.2) is 54.6 Å². The summed E-state index contributed by atoms with van der Waals surface area (Å²) in [7, 11) is 0. The molecule has 0 fully saturated rings. The van der Waals surface area contributed by atoms with Gasteiger partial charge in [-0.1, -0.05) is 29.8 Å². The van der Waals surface area contributed by atoms with Gasteiger partial charge in [-0.3, -0.25) is 0 Å². The first-order valence-corrected chi connectivity index (χ1v) is 5.16. The lowest BCUT2D eigenvalue weighted by Gasteiger charge is -2.03. The lowest BCUT2D eigenvalue weighted by Crippen LogP contribution is -2.07. The van der Waals surface area contributed by atoms with Crippen LogP contribution in [0.3, 0.4) is 0 Å². The third-order valence-corrected chi connectivity index (χ3v) is 2.29. The molecule has 0 heterocycles. The Bertz CT molecular complexity index is 477. The second-order valence-corrected chi connectivity index (χ2v) is 3.65. The van der Waals surface area contributed by atoms with Crippen molar-refractivity contribution < 1.29 is 9.53 Å². The highest BCUT2D eigenvalue weighted by atomic mass is 35.5. The maximum absolute atomic E-state index is 11.6. The van der Waals surface area contributed by atoms with Crippen molar-refractivity contribution in [2.75, 3.05) is 0 Å². The number of esters is 1. The number of ether oxygens (including phenoxy) is 1. The van der Waals surface area contributed by atoms with E-state index in [1.807, 2.05) is 6.07 Å². The first-order valence-electron chi connectivity index (χ1n) is 4.78. The SMILES string of the molecule is O=C(Oc1ccc(Cl)cc1)c1ccccc1. The Morgan fingerprint density at radius 2 is 1.56 bits per heavy atom. The van der Waals surface area contributed by atoms with Gasteiger partial charge >= 0.3 is 5.97 Å². The van der Waals surface area contributed by atoms with Gasteiger partial charge in [-0.05, 0) is 36.4 Å². The van der Waals surface area contributed by atoms with Gasteiger partial charge in [-0.25, -0.2) is 4.79 Å². The summed E-state index contributed by atoms with van der Waals surface area (Å²) in [5, 5.41) is 0.611. The first-order chi connectivity index (χ1) is 7.75. The number of carbonyl (C=O) groups excluding carboxylic acids is 1. The van der Waals surface area contributed by atoms with E-state index < -0.39 is 0 Å². The third kappa shape index (κ3) is 2.61. The van der Waals surface area contributed by atoms with Gasteiger partial charge in [0.1, 0.15) is 5.75 Å². The maximum atomic E-state index is 11.6. The van der Waals surface area contributed by atoms with Crippen molar-refractivity contribution in [3.8, 4) is 5.75 Å². The smallest absolute Gasteiger partial charge is 0.343 e. The molecule has 80 valence electrons. The van der Waals surface area contributed by atoms with Gasteiger partial charge in [0.2, 0.25) is 0 Å². The van der Waals surface area contributed by atoms with E-state index in [1.54, 1.807) is 48.5 Å². The van der Waals surface area contributed by atoms with Crippen LogP contribution < -0.4 is 4.74 Å². The molecule has 0 N–H and O–H groups in total. The zero-order valence-corrected chi connectivity index (χ0v) is 9.15. The van der Waals surface area contributed by atoms with E-state index in [0.29, 0.717) is 16.3 Å². The minimum Gasteiger partial charge on any atom is -0.423 e. The van der Waals surface area contributed by atoms with E-state index in [-0.39, 0.29) is 5.97 Å². The van der Waals surface area contributed by atoms with Crippen molar-refractivity contribution in [1.29, 1.82) is 0 Å². The highest BCUT2D eigenvalue weighted by Gasteiger charge is 2.06. The molecule has 0 unspecified atom stereocenters. The van der Waals surface area contributed by atoms with Gasteiger partial charge in [-0.2, -0.15) is 0 Å². The number of hydrogen-bond acceptors (Lipinski definition) is 2. The second-order valence-electron chi connectivity index (χ2n) is 3.21. The fourth-order valence-corrected chi connectivity index (χ4v) is 1.37. The molecule has 0 aliphatic heterocycles. The van der Waals surface area contributed by atoms with Crippen LogP contribution in [-0.2, 0) is 0 Å². The van der Waals surface area contributed by atoms with Gasteiger partial charge in [0.15, 0.2) is 0 Å². The first kappa shape index (κ1) is 10.7. The molecule has 0 radical (unpaired) electrons. The van der Waals surface area contributed by atoms with Crippen molar-refractivity contribution in [3.05, 3.63) is 65.2 Å². The fraction of sp³-hybridized carbons (Fsp3) is 0. The van der Waals surface area contributed by atoms with Crippen molar-refractivity contribution in [2.45, 2.75) is 0 Å². The van der Waals surface area contributed by atoms with E-state index in [1.165, 1.54) is 0 Å². The van der Waals surface area contributed by atoms with Crippen LogP contribution in [0.4, 0.5) is 0 Å². The molecule has 0 spiro atoms. The second kappa shape index (κ2) is 4.81. The molecule has 3 heteroatoms. The van der Waals surface area contributed by atoms with Gasteiger partial charge in [0, 0.05) is 5.02 Å². The molecule has 0 amide bonds. The number of benzene rings is 2. The summed E-state index contributed by atoms with van der Waals surface area (Å²) in [6, 6.07) is 15.5. The maximum Gasteiger partial charge on any atom is 0.343 e. The normalized spacial score (nSPS) is 9.81. The summed E-state index contributed by atoms with van der Waals surface area (Å²) < 4.78 is 5.16. The summed E-state index contributed by atoms with van der Waals surface area (Å²) in [5.74, 6) is 0.112. The summed E-state index contributed by atoms with van der Waals surface area (Å²) in [4.78, 5) is 11.6. The Kier molecular flexibility index (Phi) is 3.22. The predicted octanol–water partition coefficient (Wildman–Crippen LogP) is 3.56. The molecule has 16 heavy (non-hydrogen) atoms. The molecule has 0 aromatic heterocycles. The summed E-state index contributed by atoms with van der Waals surface area (Å²) in [5.41, 5.74) is 0.525. The van der Waals surface area contributed by atoms with Crippen molar-refractivity contribution >= 4 is 17.6 Å². The standard InChI is InChI=1S/C13H9ClO2/c14-11-6-8-12(9-7-11)16-13(15)10-4-2-1-3-5-10/h1-9H. The number of hydrogen-bond donors (Lipinski definition) is 0. The quantitative estimate of drug-likeness (QED) is 0.585. The Labute approximate surface area is 98.4 Å². The van der Waals surface area contributed by atoms with Crippen molar-refractivity contribution in [1.82, 2.24) is 0 Å². The largest absolute Gasteiger partial charge is 0.423 e. The molecule has 0 aliphatic carbocycles. The average Bonchev–Trinajstić information content (AvgIpc) is 2.33. The van der Waals surface area contributed by atoms with Gasteiger partial charge in [0.25, 0.3) is 0 Å². The molecule has 2 aromatic rings. The Morgan fingerprint density at radius 3 is 2.19 bits per heavy atom. The van der Waals surface area contributed by atoms with E-state index in [4.69, 9.17) is 16.3 Å². The lowest BCUT2D eigenvalue weighted by atomic mass is 10.2. The summed E-state index contributed by atoms with van der Waals surface area (Å²) in [6.07, 6.45) is 0. The third-order valence-electron chi connectivity index (χ3n) is 2.03. The summed E-state index contributed by atoms with van der Waals surface area (Å²) in [6.45, 7) is 0. The van der Waals surface area contributed by atoms with Crippen LogP contribution in [0.2, 0.25) is 5.02 Å². The molecule has 0 saturated carbocycles. The van der Waals surface area contributed by atoms with Gasteiger partial charge < -0.3 is 4.74 Å². The molecule has 0 aliphatic rings. The van der Waals surface area contributed by atoms with Gasteiger partial charge in [0.05, 0.1) is 5.56 Å². The Hall–Kier alpha value is -1.80. The molecular formula is C13H9ClO2. The zero-order chi connectivity index (χ0) is 11.4. The van der Waals surface area contributed by atoms with Crippen LogP contribution in [0.25, 0.3) is 0 Å². The minimum absolute atomic E-state index is 0.372. The topological polar surface area (TPSA) is 26.3 Å². The molecule has 0 bridgehead atoms. The Balaban J connectivity index is 2.11. The molecule has 0 saturated heterocycles. The molecule has 2 rings (SSSR count). The highest BCUT2D eigenvalue weighted by molar-refractivity contribution is 6.30. The van der Waals surface area contributed by atoms with Gasteiger partial charge in [-0.15, -0.1) is 0 Å². The van der Waals surface area contributed by atoms with E-state index >= 15 is 0 Å². The summed E-state index contributed by atoms with van der Waals surface area (Å²) >= 11 is 5.72. The molecular weight excluding hydrogens is 224 g/mol. The van der Waals surface area contributed by atoms with Crippen molar-refractivity contribution in [2.24, 2.45) is 0 Å². The van der Waals surface area contributed by atoms with E-state index in [2.05, 4.69) is 0 Å².